The summed E-state index contributed by atoms with van der Waals surface area (Å²) in [4.78, 5) is 5.33. The van der Waals surface area contributed by atoms with Crippen molar-refractivity contribution in [2.24, 2.45) is 0 Å². The Hall–Kier alpha value is -9.58. The van der Waals surface area contributed by atoms with Crippen LogP contribution < -0.4 is 26.2 Å². The summed E-state index contributed by atoms with van der Waals surface area (Å²) in [6.07, 6.45) is 0. The Balaban J connectivity index is 1.05. The third-order valence-corrected chi connectivity index (χ3v) is 19.5. The summed E-state index contributed by atoms with van der Waals surface area (Å²) in [5.74, 6) is 0. The lowest BCUT2D eigenvalue weighted by Crippen LogP contribution is -2.61. The van der Waals surface area contributed by atoms with Gasteiger partial charge in [-0.15, -0.1) is 0 Å². The van der Waals surface area contributed by atoms with E-state index >= 15 is 0 Å². The third kappa shape index (κ3) is 8.78. The van der Waals surface area contributed by atoms with Crippen molar-refractivity contribution in [2.75, 3.05) is 9.80 Å². The number of fused-ring (bicyclic) bond motifs is 12. The molecule has 4 heterocycles. The molecule has 0 N–H and O–H groups in total. The highest BCUT2D eigenvalue weighted by molar-refractivity contribution is 7.00. The third-order valence-electron chi connectivity index (χ3n) is 19.5. The standard InChI is InChI=1S/C84H75BN4/c1-81(2,3)58-44-59(82(4,5)6)47-64(46-58)88-76-40-54-27-21-19-25-52(54)37-70(76)85-71-38-53-26-20-22-28-55(53)41-77(71)89(65-48-60(83(7,8)9)45-61(49-65)84(10,11)12)79-43-57(42-78(88)80(79)85)56-35-36-67-69-50-68-66-33-23-24-34-72(66)86(62-29-15-13-16-30-62)74(68)51-75(69)87(73(67)39-56)63-31-17-14-18-32-63/h13-51H,1-12H3. The zero-order valence-corrected chi connectivity index (χ0v) is 53.4. The Morgan fingerprint density at radius 2 is 0.640 bits per heavy atom. The average molecular weight is 1150 g/mol. The van der Waals surface area contributed by atoms with Gasteiger partial charge in [0.15, 0.2) is 0 Å². The van der Waals surface area contributed by atoms with E-state index in [1.165, 1.54) is 138 Å². The van der Waals surface area contributed by atoms with Crippen LogP contribution in [0.2, 0.25) is 0 Å². The van der Waals surface area contributed by atoms with Gasteiger partial charge >= 0.3 is 0 Å². The van der Waals surface area contributed by atoms with E-state index in [0.717, 1.165) is 22.5 Å². The van der Waals surface area contributed by atoms with Crippen LogP contribution in [0, 0.1) is 0 Å². The maximum Gasteiger partial charge on any atom is 0.252 e. The van der Waals surface area contributed by atoms with Gasteiger partial charge in [0, 0.05) is 67.0 Å². The molecular weight excluding hydrogens is 1080 g/mol. The van der Waals surface area contributed by atoms with Crippen LogP contribution in [0.5, 0.6) is 0 Å². The molecule has 434 valence electrons. The van der Waals surface area contributed by atoms with E-state index < -0.39 is 0 Å². The molecular formula is C84H75BN4. The summed E-state index contributed by atoms with van der Waals surface area (Å²) in [6, 6.07) is 91.0. The van der Waals surface area contributed by atoms with Crippen LogP contribution in [-0.4, -0.2) is 15.8 Å². The summed E-state index contributed by atoms with van der Waals surface area (Å²) in [5.41, 5.74) is 25.3. The number of hydrogen-bond acceptors (Lipinski definition) is 2. The van der Waals surface area contributed by atoms with Crippen molar-refractivity contribution < 1.29 is 0 Å². The number of para-hydroxylation sites is 3. The number of anilines is 6. The fourth-order valence-corrected chi connectivity index (χ4v) is 14.7. The highest BCUT2D eigenvalue weighted by atomic mass is 15.2. The van der Waals surface area contributed by atoms with Crippen molar-refractivity contribution in [1.82, 2.24) is 9.13 Å². The molecule has 0 saturated heterocycles. The van der Waals surface area contributed by atoms with Crippen molar-refractivity contribution in [2.45, 2.75) is 105 Å². The van der Waals surface area contributed by atoms with E-state index in [4.69, 9.17) is 0 Å². The molecule has 16 rings (SSSR count). The topological polar surface area (TPSA) is 16.3 Å². The zero-order chi connectivity index (χ0) is 61.2. The Kier molecular flexibility index (Phi) is 12.0. The number of aromatic nitrogens is 2. The van der Waals surface area contributed by atoms with Crippen LogP contribution >= 0.6 is 0 Å². The molecule has 0 atom stereocenters. The number of rotatable bonds is 5. The SMILES string of the molecule is CC(C)(C)c1cc(N2c3cc4ccccc4cc3B3c4cc5ccccc5cc4N(c4cc(C(C)(C)C)cc(C(C)(C)C)c4)c4cc(-c5ccc6c7cc8c9ccccc9n(-c9ccccc9)c8cc7n(-c7ccccc7)c6c5)cc2c43)cc(C(C)(C)C)c1. The normalized spacial score (nSPS) is 13.6. The van der Waals surface area contributed by atoms with Crippen molar-refractivity contribution in [1.29, 1.82) is 0 Å². The summed E-state index contributed by atoms with van der Waals surface area (Å²) in [6.45, 7) is 28.3. The van der Waals surface area contributed by atoms with Crippen molar-refractivity contribution in [3.8, 4) is 22.5 Å². The van der Waals surface area contributed by atoms with Crippen molar-refractivity contribution in [3.63, 3.8) is 0 Å². The second kappa shape index (κ2) is 19.5. The van der Waals surface area contributed by atoms with E-state index in [1.807, 2.05) is 0 Å². The summed E-state index contributed by atoms with van der Waals surface area (Å²) < 4.78 is 4.95. The molecule has 5 heteroatoms. The second-order valence-electron chi connectivity index (χ2n) is 29.6. The number of nitrogens with zero attached hydrogens (tertiary/aromatic N) is 4. The number of hydrogen-bond donors (Lipinski definition) is 0. The minimum absolute atomic E-state index is 0.0906. The molecule has 0 spiro atoms. The Morgan fingerprint density at radius 1 is 0.258 bits per heavy atom. The molecule has 2 aliphatic rings. The minimum Gasteiger partial charge on any atom is -0.311 e. The van der Waals surface area contributed by atoms with E-state index in [0.29, 0.717) is 0 Å². The molecule has 0 bridgehead atoms. The van der Waals surface area contributed by atoms with Gasteiger partial charge < -0.3 is 18.9 Å². The molecule has 0 amide bonds. The van der Waals surface area contributed by atoms with Gasteiger partial charge in [0.25, 0.3) is 6.71 Å². The van der Waals surface area contributed by atoms with Gasteiger partial charge in [-0.2, -0.15) is 0 Å². The van der Waals surface area contributed by atoms with E-state index in [9.17, 15) is 0 Å². The second-order valence-corrected chi connectivity index (χ2v) is 29.6. The fourth-order valence-electron chi connectivity index (χ4n) is 14.7. The fraction of sp³-hybridized carbons (Fsp3) is 0.190. The molecule has 89 heavy (non-hydrogen) atoms. The number of benzene rings is 12. The van der Waals surface area contributed by atoms with E-state index in [2.05, 4.69) is 339 Å². The van der Waals surface area contributed by atoms with Crippen LogP contribution in [0.4, 0.5) is 34.1 Å². The molecule has 2 aromatic heterocycles. The van der Waals surface area contributed by atoms with Crippen LogP contribution in [0.3, 0.4) is 0 Å². The molecule has 0 saturated carbocycles. The maximum atomic E-state index is 2.67. The van der Waals surface area contributed by atoms with Gasteiger partial charge in [0.05, 0.1) is 22.1 Å². The Bertz CT molecular complexity index is 4990. The van der Waals surface area contributed by atoms with Gasteiger partial charge in [-0.1, -0.05) is 223 Å². The Labute approximate surface area is 524 Å². The molecule has 0 aliphatic carbocycles. The van der Waals surface area contributed by atoms with Crippen molar-refractivity contribution in [3.05, 3.63) is 259 Å². The van der Waals surface area contributed by atoms with Crippen molar-refractivity contribution >= 4 is 122 Å². The van der Waals surface area contributed by atoms with Gasteiger partial charge in [0.1, 0.15) is 0 Å². The highest BCUT2D eigenvalue weighted by Gasteiger charge is 2.45. The smallest absolute Gasteiger partial charge is 0.252 e. The first-order valence-corrected chi connectivity index (χ1v) is 31.9. The van der Waals surface area contributed by atoms with Crippen LogP contribution in [0.1, 0.15) is 105 Å². The minimum atomic E-state index is -0.114. The zero-order valence-electron chi connectivity index (χ0n) is 53.4. The van der Waals surface area contributed by atoms with Crippen LogP contribution in [0.15, 0.2) is 237 Å². The summed E-state index contributed by atoms with van der Waals surface area (Å²) >= 11 is 0. The lowest BCUT2D eigenvalue weighted by Gasteiger charge is -2.45. The average Bonchev–Trinajstić information content (AvgIpc) is 0.956. The lowest BCUT2D eigenvalue weighted by atomic mass is 9.33. The van der Waals surface area contributed by atoms with E-state index in [-0.39, 0.29) is 28.4 Å². The van der Waals surface area contributed by atoms with Gasteiger partial charge in [0.2, 0.25) is 0 Å². The molecule has 2 aliphatic heterocycles. The van der Waals surface area contributed by atoms with Crippen LogP contribution in [0.25, 0.3) is 87.7 Å². The predicted molar refractivity (Wildman–Crippen MR) is 384 cm³/mol. The van der Waals surface area contributed by atoms with Gasteiger partial charge in [-0.05, 0) is 190 Å². The molecule has 0 fully saturated rings. The monoisotopic (exact) mass is 1150 g/mol. The lowest BCUT2D eigenvalue weighted by molar-refractivity contribution is 0.568. The van der Waals surface area contributed by atoms with E-state index in [1.54, 1.807) is 0 Å². The first kappa shape index (κ1) is 54.8. The largest absolute Gasteiger partial charge is 0.311 e. The Morgan fingerprint density at radius 3 is 1.09 bits per heavy atom. The van der Waals surface area contributed by atoms with Gasteiger partial charge in [-0.3, -0.25) is 0 Å². The first-order chi connectivity index (χ1) is 42.6. The molecule has 0 unspecified atom stereocenters. The molecule has 12 aromatic carbocycles. The quantitative estimate of drug-likeness (QED) is 0.160. The molecule has 14 aromatic rings. The first-order valence-electron chi connectivity index (χ1n) is 31.9. The maximum absolute atomic E-state index is 2.67. The predicted octanol–water partition coefficient (Wildman–Crippen LogP) is 21.1. The van der Waals surface area contributed by atoms with Crippen LogP contribution in [-0.2, 0) is 21.7 Å². The molecule has 4 nitrogen and oxygen atoms in total. The summed E-state index contributed by atoms with van der Waals surface area (Å²) in [7, 11) is 0. The molecule has 0 radical (unpaired) electrons. The van der Waals surface area contributed by atoms with Gasteiger partial charge in [-0.25, -0.2) is 0 Å². The summed E-state index contributed by atoms with van der Waals surface area (Å²) in [5, 5.41) is 9.88. The highest BCUT2D eigenvalue weighted by Crippen LogP contribution is 2.51.